The van der Waals surface area contributed by atoms with Crippen molar-refractivity contribution in [2.45, 2.75) is 64.1 Å². The van der Waals surface area contributed by atoms with Crippen LogP contribution in [0.3, 0.4) is 0 Å². The Morgan fingerprint density at radius 3 is 2.36 bits per heavy atom. The van der Waals surface area contributed by atoms with Gasteiger partial charge in [-0.1, -0.05) is 69.0 Å². The van der Waals surface area contributed by atoms with Crippen molar-refractivity contribution >= 4 is 10.8 Å². The normalized spacial score (nSPS) is 18.4. The number of unbranched alkanes of at least 4 members (excludes halogenated alkanes) is 3. The number of aryl methyl sites for hydroxylation is 1. The van der Waals surface area contributed by atoms with Crippen molar-refractivity contribution in [3.8, 4) is 5.75 Å². The van der Waals surface area contributed by atoms with Crippen molar-refractivity contribution in [2.75, 3.05) is 0 Å². The molecule has 0 spiro atoms. The van der Waals surface area contributed by atoms with Crippen LogP contribution in [0.5, 0.6) is 5.75 Å². The molecule has 0 saturated carbocycles. The topological polar surface area (TPSA) is 9.23 Å². The number of halogens is 5. The quantitative estimate of drug-likeness (QED) is 0.252. The molecule has 3 aromatic rings. The number of fused-ring (bicyclic) bond motifs is 3. The van der Waals surface area contributed by atoms with Crippen molar-refractivity contribution in [2.24, 2.45) is 5.92 Å². The summed E-state index contributed by atoms with van der Waals surface area (Å²) in [5, 5.41) is 2.21. The van der Waals surface area contributed by atoms with Crippen LogP contribution in [0.25, 0.3) is 10.8 Å². The van der Waals surface area contributed by atoms with E-state index >= 15 is 0 Å². The Kier molecular flexibility index (Phi) is 6.91. The van der Waals surface area contributed by atoms with Gasteiger partial charge in [-0.25, -0.2) is 8.78 Å². The van der Waals surface area contributed by atoms with Crippen LogP contribution in [0.1, 0.15) is 68.1 Å². The molecule has 0 radical (unpaired) electrons. The van der Waals surface area contributed by atoms with E-state index in [9.17, 15) is 22.0 Å². The van der Waals surface area contributed by atoms with Crippen LogP contribution >= 0.6 is 0 Å². The Morgan fingerprint density at radius 2 is 1.67 bits per heavy atom. The van der Waals surface area contributed by atoms with E-state index in [1.807, 2.05) is 36.4 Å². The summed E-state index contributed by atoms with van der Waals surface area (Å²) >= 11 is 0. The smallest absolute Gasteiger partial charge is 0.399 e. The van der Waals surface area contributed by atoms with Crippen molar-refractivity contribution < 1.29 is 26.7 Å². The third kappa shape index (κ3) is 5.15. The first-order valence-corrected chi connectivity index (χ1v) is 11.5. The van der Waals surface area contributed by atoms with Crippen molar-refractivity contribution in [3.63, 3.8) is 0 Å². The molecule has 0 aromatic heterocycles. The third-order valence-electron chi connectivity index (χ3n) is 6.67. The van der Waals surface area contributed by atoms with E-state index in [1.165, 1.54) is 0 Å². The molecule has 0 saturated heterocycles. The second-order valence-corrected chi connectivity index (χ2v) is 8.84. The van der Waals surface area contributed by atoms with Crippen LogP contribution < -0.4 is 4.74 Å². The van der Waals surface area contributed by atoms with Gasteiger partial charge >= 0.3 is 6.36 Å². The molecule has 0 aliphatic heterocycles. The standard InChI is InChI=1S/C27H27F5O/c1-2-3-4-5-9-18-12-13-21-20-10-7-6-8-17(20)11-14-22(21)25(18)19-15-23(28)26(24(29)16-19)33-27(30,31)32/h6-8,10-11,14-16,18,25H,2-5,9,12-13H2,1H3/t18-,25-/m1/s1. The fraction of sp³-hybridized carbons (Fsp3) is 0.407. The van der Waals surface area contributed by atoms with Gasteiger partial charge in [-0.05, 0) is 64.8 Å². The average Bonchev–Trinajstić information content (AvgIpc) is 2.78. The van der Waals surface area contributed by atoms with Crippen LogP contribution in [-0.2, 0) is 6.42 Å². The van der Waals surface area contributed by atoms with Gasteiger partial charge in [-0.2, -0.15) is 0 Å². The molecule has 0 amide bonds. The molecule has 0 fully saturated rings. The molecule has 1 aliphatic rings. The lowest BCUT2D eigenvalue weighted by Gasteiger charge is -2.35. The van der Waals surface area contributed by atoms with Gasteiger partial charge in [0.05, 0.1) is 0 Å². The molecule has 3 aromatic carbocycles. The van der Waals surface area contributed by atoms with Crippen LogP contribution in [0.4, 0.5) is 22.0 Å². The summed E-state index contributed by atoms with van der Waals surface area (Å²) in [5.74, 6) is -4.20. The summed E-state index contributed by atoms with van der Waals surface area (Å²) in [4.78, 5) is 0. The Hall–Kier alpha value is -2.63. The highest BCUT2D eigenvalue weighted by atomic mass is 19.4. The van der Waals surface area contributed by atoms with Crippen LogP contribution in [0.15, 0.2) is 48.5 Å². The minimum absolute atomic E-state index is 0.156. The molecule has 0 heterocycles. The van der Waals surface area contributed by atoms with Gasteiger partial charge in [-0.15, -0.1) is 13.2 Å². The van der Waals surface area contributed by atoms with E-state index in [2.05, 4.69) is 11.7 Å². The predicted octanol–water partition coefficient (Wildman–Crippen LogP) is 8.68. The van der Waals surface area contributed by atoms with E-state index < -0.39 is 23.7 Å². The largest absolute Gasteiger partial charge is 0.573 e. The lowest BCUT2D eigenvalue weighted by atomic mass is 9.69. The Bertz CT molecular complexity index is 1100. The number of alkyl halides is 3. The summed E-state index contributed by atoms with van der Waals surface area (Å²) in [5.41, 5.74) is 2.51. The summed E-state index contributed by atoms with van der Waals surface area (Å²) in [7, 11) is 0. The minimum Gasteiger partial charge on any atom is -0.399 e. The maximum Gasteiger partial charge on any atom is 0.573 e. The van der Waals surface area contributed by atoms with Gasteiger partial charge in [0.2, 0.25) is 5.75 Å². The zero-order chi connectivity index (χ0) is 23.6. The van der Waals surface area contributed by atoms with Gasteiger partial charge in [0.1, 0.15) is 0 Å². The van der Waals surface area contributed by atoms with E-state index in [4.69, 9.17) is 0 Å². The highest BCUT2D eigenvalue weighted by Gasteiger charge is 2.36. The van der Waals surface area contributed by atoms with E-state index in [1.54, 1.807) is 0 Å². The fourth-order valence-electron chi connectivity index (χ4n) is 5.24. The molecule has 4 rings (SSSR count). The molecule has 176 valence electrons. The molecular weight excluding hydrogens is 435 g/mol. The van der Waals surface area contributed by atoms with Gasteiger partial charge in [-0.3, -0.25) is 0 Å². The maximum absolute atomic E-state index is 14.6. The number of benzene rings is 3. The highest BCUT2D eigenvalue weighted by molar-refractivity contribution is 5.87. The van der Waals surface area contributed by atoms with E-state index in [0.29, 0.717) is 5.56 Å². The molecule has 1 nitrogen and oxygen atoms in total. The first-order valence-electron chi connectivity index (χ1n) is 11.5. The lowest BCUT2D eigenvalue weighted by molar-refractivity contribution is -0.276. The second-order valence-electron chi connectivity index (χ2n) is 8.84. The van der Waals surface area contributed by atoms with Gasteiger partial charge in [0.25, 0.3) is 0 Å². The Labute approximate surface area is 190 Å². The second kappa shape index (κ2) is 9.70. The number of rotatable bonds is 7. The zero-order valence-electron chi connectivity index (χ0n) is 18.5. The summed E-state index contributed by atoms with van der Waals surface area (Å²) in [6.45, 7) is 2.14. The van der Waals surface area contributed by atoms with E-state index in [-0.39, 0.29) is 11.8 Å². The first-order chi connectivity index (χ1) is 15.8. The number of ether oxygens (including phenoxy) is 1. The fourth-order valence-corrected chi connectivity index (χ4v) is 5.24. The summed E-state index contributed by atoms with van der Waals surface area (Å²) in [6, 6.07) is 14.1. The van der Waals surface area contributed by atoms with Gasteiger partial charge < -0.3 is 4.74 Å². The van der Waals surface area contributed by atoms with Crippen molar-refractivity contribution in [1.82, 2.24) is 0 Å². The zero-order valence-corrected chi connectivity index (χ0v) is 18.5. The molecule has 0 N–H and O–H groups in total. The molecule has 0 bridgehead atoms. The van der Waals surface area contributed by atoms with Gasteiger partial charge in [0.15, 0.2) is 11.6 Å². The van der Waals surface area contributed by atoms with Crippen LogP contribution in [0, 0.1) is 17.6 Å². The molecule has 1 aliphatic carbocycles. The molecular formula is C27H27F5O. The average molecular weight is 463 g/mol. The van der Waals surface area contributed by atoms with E-state index in [0.717, 1.165) is 79.0 Å². The SMILES string of the molecule is CCCCCC[C@@H]1CCc2c(ccc3ccccc23)[C@H]1c1cc(F)c(OC(F)(F)F)c(F)c1. The van der Waals surface area contributed by atoms with Crippen molar-refractivity contribution in [3.05, 3.63) is 76.9 Å². The highest BCUT2D eigenvalue weighted by Crippen LogP contribution is 2.46. The molecule has 2 atom stereocenters. The molecule has 6 heteroatoms. The lowest BCUT2D eigenvalue weighted by Crippen LogP contribution is -2.23. The number of hydrogen-bond donors (Lipinski definition) is 0. The Morgan fingerprint density at radius 1 is 0.939 bits per heavy atom. The van der Waals surface area contributed by atoms with Crippen LogP contribution in [0.2, 0.25) is 0 Å². The predicted molar refractivity (Wildman–Crippen MR) is 119 cm³/mol. The maximum atomic E-state index is 14.6. The number of hydrogen-bond acceptors (Lipinski definition) is 1. The minimum atomic E-state index is -5.17. The monoisotopic (exact) mass is 462 g/mol. The van der Waals surface area contributed by atoms with Crippen molar-refractivity contribution in [1.29, 1.82) is 0 Å². The summed E-state index contributed by atoms with van der Waals surface area (Å²) in [6.07, 6.45) is 1.81. The van der Waals surface area contributed by atoms with Gasteiger partial charge in [0, 0.05) is 5.92 Å². The third-order valence-corrected chi connectivity index (χ3v) is 6.67. The molecule has 33 heavy (non-hydrogen) atoms. The summed E-state index contributed by atoms with van der Waals surface area (Å²) < 4.78 is 70.7. The van der Waals surface area contributed by atoms with Crippen LogP contribution in [-0.4, -0.2) is 6.36 Å². The first kappa shape index (κ1) is 23.5. The molecule has 0 unspecified atom stereocenters. The Balaban J connectivity index is 1.77.